The summed E-state index contributed by atoms with van der Waals surface area (Å²) >= 11 is 7.35. The van der Waals surface area contributed by atoms with Crippen molar-refractivity contribution in [1.82, 2.24) is 9.97 Å². The molecular formula is C15H24ClN3O2S2. The lowest BCUT2D eigenvalue weighted by Crippen LogP contribution is -2.32. The normalized spacial score (nSPS) is 15.1. The van der Waals surface area contributed by atoms with Gasteiger partial charge in [-0.25, -0.2) is 14.2 Å². The minimum Gasteiger partial charge on any atom is -0.271 e. The SMILES string of the molecule is CSc1nc(Cl)cc(CS(=O)(=NC(=O)C(C)(C)C)C(C)(C)C)n1. The lowest BCUT2D eigenvalue weighted by Gasteiger charge is -2.25. The molecule has 0 spiro atoms. The number of amides is 1. The van der Waals surface area contributed by atoms with Crippen molar-refractivity contribution in [3.05, 3.63) is 16.9 Å². The topological polar surface area (TPSA) is 72.3 Å². The van der Waals surface area contributed by atoms with E-state index in [1.807, 2.05) is 27.0 Å². The molecule has 1 aromatic rings. The quantitative estimate of drug-likeness (QED) is 0.448. The Balaban J connectivity index is 3.41. The van der Waals surface area contributed by atoms with Crippen LogP contribution in [0.5, 0.6) is 0 Å². The van der Waals surface area contributed by atoms with Gasteiger partial charge in [0.2, 0.25) is 0 Å². The minimum atomic E-state index is -2.87. The molecule has 0 N–H and O–H groups in total. The Labute approximate surface area is 148 Å². The highest BCUT2D eigenvalue weighted by Gasteiger charge is 2.32. The second kappa shape index (κ2) is 7.07. The predicted octanol–water partition coefficient (Wildman–Crippen LogP) is 4.19. The highest BCUT2D eigenvalue weighted by molar-refractivity contribution is 7.98. The van der Waals surface area contributed by atoms with Gasteiger partial charge >= 0.3 is 0 Å². The molecular weight excluding hydrogens is 354 g/mol. The van der Waals surface area contributed by atoms with E-state index < -0.39 is 19.9 Å². The lowest BCUT2D eigenvalue weighted by atomic mass is 9.96. The monoisotopic (exact) mass is 377 g/mol. The van der Waals surface area contributed by atoms with Crippen molar-refractivity contribution in [3.8, 4) is 0 Å². The highest BCUT2D eigenvalue weighted by Crippen LogP contribution is 2.27. The zero-order valence-electron chi connectivity index (χ0n) is 14.6. The van der Waals surface area contributed by atoms with Gasteiger partial charge in [-0.05, 0) is 33.1 Å². The van der Waals surface area contributed by atoms with Crippen LogP contribution in [0.15, 0.2) is 15.6 Å². The molecule has 8 heteroatoms. The number of carbonyl (C=O) groups excluding carboxylic acids is 1. The van der Waals surface area contributed by atoms with Crippen LogP contribution in [0.4, 0.5) is 0 Å². The molecule has 0 radical (unpaired) electrons. The molecule has 0 aliphatic carbocycles. The van der Waals surface area contributed by atoms with E-state index in [4.69, 9.17) is 11.6 Å². The van der Waals surface area contributed by atoms with Gasteiger partial charge in [0.15, 0.2) is 5.16 Å². The minimum absolute atomic E-state index is 0.0636. The van der Waals surface area contributed by atoms with Gasteiger partial charge in [-0.3, -0.25) is 4.79 Å². The van der Waals surface area contributed by atoms with Gasteiger partial charge in [-0.2, -0.15) is 4.36 Å². The number of thioether (sulfide) groups is 1. The summed E-state index contributed by atoms with van der Waals surface area (Å²) in [5.74, 6) is -0.309. The van der Waals surface area contributed by atoms with Crippen LogP contribution in [-0.2, 0) is 20.3 Å². The highest BCUT2D eigenvalue weighted by atomic mass is 35.5. The molecule has 1 heterocycles. The lowest BCUT2D eigenvalue weighted by molar-refractivity contribution is -0.124. The molecule has 0 fully saturated rings. The van der Waals surface area contributed by atoms with E-state index in [2.05, 4.69) is 14.3 Å². The molecule has 1 rings (SSSR count). The maximum atomic E-state index is 13.4. The summed E-state index contributed by atoms with van der Waals surface area (Å²) in [6, 6.07) is 1.57. The standard InChI is InChI=1S/C15H24ClN3O2S2/c1-14(2,3)12(20)19-23(21,15(4,5)6)9-10-8-11(16)18-13(17-10)22-7/h8H,9H2,1-7H3. The predicted molar refractivity (Wildman–Crippen MR) is 97.3 cm³/mol. The number of hydrogen-bond donors (Lipinski definition) is 0. The van der Waals surface area contributed by atoms with Crippen LogP contribution in [0.1, 0.15) is 47.2 Å². The van der Waals surface area contributed by atoms with E-state index in [0.29, 0.717) is 10.9 Å². The van der Waals surface area contributed by atoms with Gasteiger partial charge in [0.25, 0.3) is 5.91 Å². The summed E-state index contributed by atoms with van der Waals surface area (Å²) < 4.78 is 16.9. The maximum absolute atomic E-state index is 13.4. The molecule has 1 amide bonds. The van der Waals surface area contributed by atoms with Crippen molar-refractivity contribution < 1.29 is 9.00 Å². The zero-order valence-corrected chi connectivity index (χ0v) is 17.0. The van der Waals surface area contributed by atoms with E-state index in [-0.39, 0.29) is 16.8 Å². The van der Waals surface area contributed by atoms with Crippen molar-refractivity contribution in [2.75, 3.05) is 6.26 Å². The van der Waals surface area contributed by atoms with Crippen LogP contribution in [0.25, 0.3) is 0 Å². The maximum Gasteiger partial charge on any atom is 0.259 e. The molecule has 1 atom stereocenters. The number of hydrogen-bond acceptors (Lipinski definition) is 5. The Bertz CT molecular complexity index is 712. The van der Waals surface area contributed by atoms with Crippen LogP contribution in [-0.4, -0.2) is 31.1 Å². The summed E-state index contributed by atoms with van der Waals surface area (Å²) in [6.07, 6.45) is 1.84. The molecule has 0 aromatic carbocycles. The molecule has 0 saturated heterocycles. The molecule has 1 aromatic heterocycles. The zero-order chi connectivity index (χ0) is 18.1. The first-order chi connectivity index (χ1) is 10.3. The van der Waals surface area contributed by atoms with E-state index >= 15 is 0 Å². The Morgan fingerprint density at radius 3 is 2.26 bits per heavy atom. The molecule has 0 aliphatic rings. The van der Waals surface area contributed by atoms with Gasteiger partial charge in [0.1, 0.15) is 5.15 Å². The number of halogens is 1. The second-order valence-electron chi connectivity index (χ2n) is 7.21. The molecule has 0 aliphatic heterocycles. The molecule has 5 nitrogen and oxygen atoms in total. The number of aromatic nitrogens is 2. The van der Waals surface area contributed by atoms with Crippen LogP contribution in [0, 0.1) is 5.41 Å². The number of carbonyl (C=O) groups is 1. The third kappa shape index (κ3) is 5.43. The van der Waals surface area contributed by atoms with Crippen LogP contribution in [0.3, 0.4) is 0 Å². The average Bonchev–Trinajstić information content (AvgIpc) is 2.35. The fraction of sp³-hybridized carbons (Fsp3) is 0.667. The summed E-state index contributed by atoms with van der Waals surface area (Å²) in [5, 5.41) is 0.794. The molecule has 130 valence electrons. The first-order valence-corrected chi connectivity index (χ1v) is 10.4. The van der Waals surface area contributed by atoms with Crippen molar-refractivity contribution in [2.45, 2.75) is 57.2 Å². The summed E-state index contributed by atoms with van der Waals surface area (Å²) in [7, 11) is -2.87. The van der Waals surface area contributed by atoms with Crippen molar-refractivity contribution in [1.29, 1.82) is 0 Å². The van der Waals surface area contributed by atoms with E-state index in [9.17, 15) is 9.00 Å². The third-order valence-electron chi connectivity index (χ3n) is 3.08. The summed E-state index contributed by atoms with van der Waals surface area (Å²) in [4.78, 5) is 20.7. The largest absolute Gasteiger partial charge is 0.271 e. The van der Waals surface area contributed by atoms with Gasteiger partial charge in [0.05, 0.1) is 21.2 Å². The summed E-state index contributed by atoms with van der Waals surface area (Å²) in [5.41, 5.74) is -0.151. The Morgan fingerprint density at radius 1 is 1.26 bits per heavy atom. The first-order valence-electron chi connectivity index (χ1n) is 7.15. The fourth-order valence-corrected chi connectivity index (χ4v) is 3.98. The molecule has 1 unspecified atom stereocenters. The van der Waals surface area contributed by atoms with E-state index in [1.165, 1.54) is 11.8 Å². The van der Waals surface area contributed by atoms with Crippen molar-refractivity contribution in [3.63, 3.8) is 0 Å². The Kier molecular flexibility index (Phi) is 6.27. The second-order valence-corrected chi connectivity index (χ2v) is 11.3. The molecule has 23 heavy (non-hydrogen) atoms. The molecule has 0 bridgehead atoms. The Hall–Kier alpha value is -0.660. The molecule has 0 saturated carbocycles. The van der Waals surface area contributed by atoms with Gasteiger partial charge in [0, 0.05) is 10.2 Å². The third-order valence-corrected chi connectivity index (χ3v) is 6.89. The van der Waals surface area contributed by atoms with Crippen molar-refractivity contribution in [2.24, 2.45) is 9.78 Å². The van der Waals surface area contributed by atoms with E-state index in [0.717, 1.165) is 0 Å². The number of nitrogens with zero attached hydrogens (tertiary/aromatic N) is 3. The van der Waals surface area contributed by atoms with Crippen LogP contribution < -0.4 is 0 Å². The average molecular weight is 378 g/mol. The van der Waals surface area contributed by atoms with Crippen molar-refractivity contribution >= 4 is 39.0 Å². The fourth-order valence-electron chi connectivity index (χ4n) is 1.46. The number of rotatable bonds is 3. The first kappa shape index (κ1) is 20.4. The van der Waals surface area contributed by atoms with Gasteiger partial charge in [-0.1, -0.05) is 44.1 Å². The van der Waals surface area contributed by atoms with Crippen LogP contribution >= 0.6 is 23.4 Å². The van der Waals surface area contributed by atoms with Gasteiger partial charge in [-0.15, -0.1) is 0 Å². The van der Waals surface area contributed by atoms with E-state index in [1.54, 1.807) is 26.8 Å². The Morgan fingerprint density at radius 2 is 1.83 bits per heavy atom. The smallest absolute Gasteiger partial charge is 0.259 e. The van der Waals surface area contributed by atoms with Gasteiger partial charge < -0.3 is 0 Å². The van der Waals surface area contributed by atoms with Crippen LogP contribution in [0.2, 0.25) is 5.15 Å². The summed E-state index contributed by atoms with van der Waals surface area (Å²) in [6.45, 7) is 10.7.